The Morgan fingerprint density at radius 1 is 0.944 bits per heavy atom. The van der Waals surface area contributed by atoms with Crippen LogP contribution in [0.25, 0.3) is 0 Å². The van der Waals surface area contributed by atoms with Crippen molar-refractivity contribution in [2.24, 2.45) is 16.8 Å². The zero-order valence-electron chi connectivity index (χ0n) is 22.7. The number of nitrogens with two attached hydrogens (primary N) is 1. The van der Waals surface area contributed by atoms with Crippen LogP contribution in [0, 0.1) is 5.92 Å². The van der Waals surface area contributed by atoms with Gasteiger partial charge in [0.2, 0.25) is 0 Å². The average molecular weight is 498 g/mol. The molecule has 5 N–H and O–H groups in total. The summed E-state index contributed by atoms with van der Waals surface area (Å²) in [6.45, 7) is 8.59. The lowest BCUT2D eigenvalue weighted by Crippen LogP contribution is -2.27. The fourth-order valence-electron chi connectivity index (χ4n) is 4.10. The number of aliphatic hydroxyl groups excluding tert-OH is 2. The van der Waals surface area contributed by atoms with Crippen molar-refractivity contribution in [2.45, 2.75) is 84.5 Å². The maximum Gasteiger partial charge on any atom is 0.132 e. The van der Waals surface area contributed by atoms with Gasteiger partial charge in [-0.25, -0.2) is 0 Å². The molecule has 0 saturated heterocycles. The van der Waals surface area contributed by atoms with E-state index in [1.54, 1.807) is 6.92 Å². The number of ketones is 1. The number of nitrogens with one attached hydrogen (secondary N) is 1. The van der Waals surface area contributed by atoms with Gasteiger partial charge in [0, 0.05) is 35.9 Å². The van der Waals surface area contributed by atoms with E-state index in [4.69, 9.17) is 16.1 Å². The Hall–Kier alpha value is -2.54. The van der Waals surface area contributed by atoms with E-state index < -0.39 is 0 Å². The summed E-state index contributed by atoms with van der Waals surface area (Å²) < 4.78 is 0. The second-order valence-electron chi connectivity index (χ2n) is 9.68. The molecule has 6 heteroatoms. The van der Waals surface area contributed by atoms with E-state index in [1.807, 2.05) is 43.3 Å². The van der Waals surface area contributed by atoms with Gasteiger partial charge in [-0.1, -0.05) is 75.9 Å². The molecule has 1 aliphatic rings. The highest BCUT2D eigenvalue weighted by atomic mass is 16.3. The minimum absolute atomic E-state index is 0.103. The van der Waals surface area contributed by atoms with Crippen molar-refractivity contribution in [3.8, 4) is 0 Å². The molecule has 0 aromatic heterocycles. The van der Waals surface area contributed by atoms with E-state index in [-0.39, 0.29) is 23.7 Å². The van der Waals surface area contributed by atoms with Gasteiger partial charge in [0.05, 0.1) is 5.69 Å². The number of aliphatic hydroxyl groups is 2. The predicted octanol–water partition coefficient (Wildman–Crippen LogP) is 6.34. The zero-order chi connectivity index (χ0) is 26.8. The number of para-hydroxylation sites is 2. The number of hydrazine groups is 1. The Morgan fingerprint density at radius 3 is 2.08 bits per heavy atom. The molecule has 1 aliphatic heterocycles. The van der Waals surface area contributed by atoms with Crippen LogP contribution in [0.1, 0.15) is 84.6 Å². The van der Waals surface area contributed by atoms with E-state index in [0.717, 1.165) is 62.7 Å². The maximum absolute atomic E-state index is 10.8. The normalized spacial score (nSPS) is 16.5. The number of benzene rings is 2. The van der Waals surface area contributed by atoms with Gasteiger partial charge in [-0.05, 0) is 63.3 Å². The highest BCUT2D eigenvalue weighted by molar-refractivity contribution is 5.99. The Kier molecular flexibility index (Phi) is 15.6. The molecule has 2 aromatic rings. The molecule has 1 heterocycles. The summed E-state index contributed by atoms with van der Waals surface area (Å²) in [5.41, 5.74) is 7.29. The van der Waals surface area contributed by atoms with E-state index in [1.165, 1.54) is 11.3 Å². The summed E-state index contributed by atoms with van der Waals surface area (Å²) >= 11 is 0. The van der Waals surface area contributed by atoms with Crippen molar-refractivity contribution in [2.75, 3.05) is 18.6 Å². The lowest BCUT2D eigenvalue weighted by molar-refractivity contribution is -0.120. The minimum Gasteiger partial charge on any atom is -0.396 e. The third-order valence-corrected chi connectivity index (χ3v) is 6.85. The van der Waals surface area contributed by atoms with Gasteiger partial charge in [0.1, 0.15) is 5.78 Å². The fraction of sp³-hybridized carbons (Fsp3) is 0.533. The average Bonchev–Trinajstić information content (AvgIpc) is 3.15. The van der Waals surface area contributed by atoms with Crippen LogP contribution in [0.2, 0.25) is 0 Å². The quantitative estimate of drug-likeness (QED) is 0.155. The van der Waals surface area contributed by atoms with Crippen molar-refractivity contribution in [3.63, 3.8) is 0 Å². The lowest BCUT2D eigenvalue weighted by atomic mass is 9.76. The zero-order valence-corrected chi connectivity index (χ0v) is 22.7. The first-order valence-electron chi connectivity index (χ1n) is 13.2. The molecule has 2 aromatic carbocycles. The number of nitrogens with zero attached hydrogens (tertiary/aromatic N) is 1. The number of unbranched alkanes of at least 4 members (excludes halogenated alkanes) is 4. The van der Waals surface area contributed by atoms with Gasteiger partial charge in [-0.15, -0.1) is 0 Å². The molecule has 36 heavy (non-hydrogen) atoms. The van der Waals surface area contributed by atoms with Crippen LogP contribution in [-0.2, 0) is 10.2 Å². The van der Waals surface area contributed by atoms with Crippen LogP contribution in [0.15, 0.2) is 59.6 Å². The van der Waals surface area contributed by atoms with Crippen LogP contribution in [0.3, 0.4) is 0 Å². The van der Waals surface area contributed by atoms with Crippen molar-refractivity contribution in [1.29, 1.82) is 0 Å². The maximum atomic E-state index is 10.8. The molecule has 3 rings (SSSR count). The monoisotopic (exact) mass is 497 g/mol. The van der Waals surface area contributed by atoms with Gasteiger partial charge in [0.25, 0.3) is 0 Å². The standard InChI is InChI=1S/C15H21NO.C9H18O2.C6H8N2/c1-12-15(2,10-6-3-7-11-17)13-8-4-5-9-14(13)16-12;1-8(9(2)11)6-4-3-5-7-10;7-8-6-4-2-1-3-5-6/h4-5,8-9,17H,3,6-7,10-11H2,1-2H3;8,10H,3-7H2,1-2H3;1-5,8H,7H2. The molecule has 0 radical (unpaired) electrons. The lowest BCUT2D eigenvalue weighted by Gasteiger charge is -2.26. The summed E-state index contributed by atoms with van der Waals surface area (Å²) in [7, 11) is 0. The van der Waals surface area contributed by atoms with Gasteiger partial charge >= 0.3 is 0 Å². The molecule has 0 bridgehead atoms. The number of aliphatic imine (C=N–C) groups is 1. The van der Waals surface area contributed by atoms with Crippen LogP contribution in [0.4, 0.5) is 11.4 Å². The number of rotatable bonds is 12. The van der Waals surface area contributed by atoms with E-state index in [2.05, 4.69) is 42.5 Å². The fourth-order valence-corrected chi connectivity index (χ4v) is 4.10. The predicted molar refractivity (Wildman–Crippen MR) is 152 cm³/mol. The van der Waals surface area contributed by atoms with Crippen LogP contribution in [-0.4, -0.2) is 34.9 Å². The van der Waals surface area contributed by atoms with Gasteiger partial charge in [-0.3, -0.25) is 15.6 Å². The molecule has 200 valence electrons. The molecule has 0 spiro atoms. The van der Waals surface area contributed by atoms with Gasteiger partial charge < -0.3 is 15.6 Å². The summed E-state index contributed by atoms with van der Waals surface area (Å²) in [4.78, 5) is 15.4. The van der Waals surface area contributed by atoms with Crippen LogP contribution < -0.4 is 11.3 Å². The molecule has 0 amide bonds. The number of anilines is 1. The number of fused-ring (bicyclic) bond motifs is 1. The van der Waals surface area contributed by atoms with Crippen LogP contribution in [0.5, 0.6) is 0 Å². The first-order chi connectivity index (χ1) is 17.3. The highest BCUT2D eigenvalue weighted by Crippen LogP contribution is 2.43. The molecule has 0 fully saturated rings. The molecule has 2 atom stereocenters. The third-order valence-electron chi connectivity index (χ3n) is 6.85. The Bertz CT molecular complexity index is 901. The van der Waals surface area contributed by atoms with E-state index >= 15 is 0 Å². The van der Waals surface area contributed by atoms with Crippen molar-refractivity contribution in [1.82, 2.24) is 0 Å². The number of carbonyl (C=O) groups is 1. The van der Waals surface area contributed by atoms with Crippen molar-refractivity contribution < 1.29 is 15.0 Å². The number of hydrogen-bond donors (Lipinski definition) is 4. The summed E-state index contributed by atoms with van der Waals surface area (Å²) in [5, 5.41) is 17.3. The number of nitrogen functional groups attached to an aromatic ring is 1. The summed E-state index contributed by atoms with van der Waals surface area (Å²) in [6, 6.07) is 18.0. The molecule has 2 unspecified atom stereocenters. The number of carbonyl (C=O) groups excluding carboxylic acids is 1. The molecule has 0 aliphatic carbocycles. The first kappa shape index (κ1) is 31.5. The first-order valence-corrected chi connectivity index (χ1v) is 13.2. The minimum atomic E-state index is 0.103. The van der Waals surface area contributed by atoms with E-state index in [0.29, 0.717) is 6.61 Å². The Balaban J connectivity index is 0.000000294. The second kappa shape index (κ2) is 17.8. The molecule has 0 saturated carbocycles. The van der Waals surface area contributed by atoms with Gasteiger partial charge in [0.15, 0.2) is 0 Å². The third kappa shape index (κ3) is 11.0. The Labute approximate surface area is 218 Å². The van der Waals surface area contributed by atoms with Crippen LogP contribution >= 0.6 is 0 Å². The summed E-state index contributed by atoms with van der Waals surface area (Å²) in [6.07, 6.45) is 8.21. The molecule has 6 nitrogen and oxygen atoms in total. The number of hydrogen-bond acceptors (Lipinski definition) is 6. The van der Waals surface area contributed by atoms with Gasteiger partial charge in [-0.2, -0.15) is 0 Å². The van der Waals surface area contributed by atoms with Crippen molar-refractivity contribution in [3.05, 3.63) is 60.2 Å². The Morgan fingerprint density at radius 2 is 1.53 bits per heavy atom. The molecular weight excluding hydrogens is 450 g/mol. The SMILES string of the molecule is CC(=O)C(C)CCCCCO.CC1=Nc2ccccc2C1(C)CCCCCO.NNc1ccccc1. The highest BCUT2D eigenvalue weighted by Gasteiger charge is 2.35. The van der Waals surface area contributed by atoms with Crippen molar-refractivity contribution >= 4 is 22.9 Å². The molecular formula is C30H47N3O3. The number of Topliss-reactive ketones (excluding diaryl/α,β-unsaturated/α-hetero) is 1. The topological polar surface area (TPSA) is 108 Å². The smallest absolute Gasteiger partial charge is 0.132 e. The summed E-state index contributed by atoms with van der Waals surface area (Å²) in [5.74, 6) is 5.57. The van der Waals surface area contributed by atoms with E-state index in [9.17, 15) is 4.79 Å². The largest absolute Gasteiger partial charge is 0.396 e. The second-order valence-corrected chi connectivity index (χ2v) is 9.68.